The van der Waals surface area contributed by atoms with Crippen molar-refractivity contribution in [2.75, 3.05) is 26.2 Å². The van der Waals surface area contributed by atoms with Crippen LogP contribution in [0.2, 0.25) is 0 Å². The van der Waals surface area contributed by atoms with Crippen LogP contribution in [0, 0.1) is 11.8 Å². The highest BCUT2D eigenvalue weighted by Gasteiger charge is 2.29. The fourth-order valence-corrected chi connectivity index (χ4v) is 2.98. The molecular formula is C14H26N2O2. The number of likely N-dealkylation sites (tertiary alicyclic amines) is 1. The monoisotopic (exact) mass is 254 g/mol. The Hall–Kier alpha value is -0.610. The van der Waals surface area contributed by atoms with Crippen LogP contribution in [0.1, 0.15) is 39.0 Å². The normalized spacial score (nSPS) is 33.4. The predicted molar refractivity (Wildman–Crippen MR) is 71.1 cm³/mol. The minimum absolute atomic E-state index is 0.155. The quantitative estimate of drug-likeness (QED) is 0.828. The third-order valence-corrected chi connectivity index (χ3v) is 4.45. The van der Waals surface area contributed by atoms with Gasteiger partial charge in [0.05, 0.1) is 12.5 Å². The summed E-state index contributed by atoms with van der Waals surface area (Å²) in [6, 6.07) is 0. The van der Waals surface area contributed by atoms with Crippen molar-refractivity contribution in [1.29, 1.82) is 0 Å². The number of rotatable bonds is 3. The van der Waals surface area contributed by atoms with Gasteiger partial charge in [-0.1, -0.05) is 6.92 Å². The van der Waals surface area contributed by atoms with E-state index >= 15 is 0 Å². The predicted octanol–water partition coefficient (Wildman–Crippen LogP) is 1.39. The molecule has 0 aromatic carbocycles. The van der Waals surface area contributed by atoms with Crippen LogP contribution in [0.3, 0.4) is 0 Å². The van der Waals surface area contributed by atoms with E-state index in [1.807, 2.05) is 4.90 Å². The Balaban J connectivity index is 1.81. The van der Waals surface area contributed by atoms with Gasteiger partial charge in [0.25, 0.3) is 0 Å². The lowest BCUT2D eigenvalue weighted by molar-refractivity contribution is -0.137. The molecule has 2 heterocycles. The lowest BCUT2D eigenvalue weighted by atomic mass is 9.87. The second-order valence-corrected chi connectivity index (χ2v) is 5.79. The van der Waals surface area contributed by atoms with Crippen LogP contribution in [0.25, 0.3) is 0 Å². The summed E-state index contributed by atoms with van der Waals surface area (Å²) < 4.78 is 5.64. The van der Waals surface area contributed by atoms with E-state index in [9.17, 15) is 4.79 Å². The molecule has 0 aromatic heterocycles. The second kappa shape index (κ2) is 6.53. The van der Waals surface area contributed by atoms with E-state index in [1.54, 1.807) is 0 Å². The zero-order chi connectivity index (χ0) is 13.0. The summed E-state index contributed by atoms with van der Waals surface area (Å²) in [5.74, 6) is 1.37. The average molecular weight is 254 g/mol. The maximum atomic E-state index is 12.2. The van der Waals surface area contributed by atoms with Crippen molar-refractivity contribution in [3.8, 4) is 0 Å². The van der Waals surface area contributed by atoms with Gasteiger partial charge >= 0.3 is 0 Å². The zero-order valence-corrected chi connectivity index (χ0v) is 11.4. The lowest BCUT2D eigenvalue weighted by Gasteiger charge is -2.37. The third kappa shape index (κ3) is 3.45. The van der Waals surface area contributed by atoms with Gasteiger partial charge in [-0.2, -0.15) is 0 Å². The number of carbonyl (C=O) groups excluding carboxylic acids is 1. The smallest absolute Gasteiger partial charge is 0.225 e. The Morgan fingerprint density at radius 3 is 2.89 bits per heavy atom. The van der Waals surface area contributed by atoms with Gasteiger partial charge < -0.3 is 15.4 Å². The van der Waals surface area contributed by atoms with Gasteiger partial charge in [0.15, 0.2) is 0 Å². The van der Waals surface area contributed by atoms with Crippen LogP contribution >= 0.6 is 0 Å². The standard InChI is InChI=1S/C14H26N2O2/c1-11-5-6-16(10-12(11)9-15)14(17)8-13-4-2-3-7-18-13/h11-13H,2-10,15H2,1H3. The molecule has 2 fully saturated rings. The van der Waals surface area contributed by atoms with Gasteiger partial charge in [0.2, 0.25) is 5.91 Å². The van der Waals surface area contributed by atoms with Crippen LogP contribution < -0.4 is 5.73 Å². The highest BCUT2D eigenvalue weighted by Crippen LogP contribution is 2.24. The molecule has 0 saturated carbocycles. The van der Waals surface area contributed by atoms with Gasteiger partial charge in [0, 0.05) is 19.7 Å². The molecule has 2 aliphatic heterocycles. The number of amides is 1. The molecule has 2 rings (SSSR count). The molecule has 2 saturated heterocycles. The van der Waals surface area contributed by atoms with Gasteiger partial charge in [-0.15, -0.1) is 0 Å². The number of nitrogens with zero attached hydrogens (tertiary/aromatic N) is 1. The van der Waals surface area contributed by atoms with Gasteiger partial charge in [-0.05, 0) is 44.1 Å². The number of carbonyl (C=O) groups is 1. The van der Waals surface area contributed by atoms with Crippen LogP contribution in [0.5, 0.6) is 0 Å². The van der Waals surface area contributed by atoms with E-state index in [0.717, 1.165) is 39.0 Å². The SMILES string of the molecule is CC1CCN(C(=O)CC2CCCCO2)CC1CN. The highest BCUT2D eigenvalue weighted by molar-refractivity contribution is 5.76. The number of hydrogen-bond acceptors (Lipinski definition) is 3. The van der Waals surface area contributed by atoms with Crippen molar-refractivity contribution >= 4 is 5.91 Å². The van der Waals surface area contributed by atoms with Crippen molar-refractivity contribution < 1.29 is 9.53 Å². The third-order valence-electron chi connectivity index (χ3n) is 4.45. The summed E-state index contributed by atoms with van der Waals surface area (Å²) in [4.78, 5) is 14.2. The second-order valence-electron chi connectivity index (χ2n) is 5.79. The van der Waals surface area contributed by atoms with E-state index in [2.05, 4.69) is 6.92 Å². The Labute approximate surface area is 110 Å². The average Bonchev–Trinajstić information content (AvgIpc) is 2.40. The Morgan fingerprint density at radius 2 is 2.22 bits per heavy atom. The van der Waals surface area contributed by atoms with Gasteiger partial charge in [-0.3, -0.25) is 4.79 Å². The topological polar surface area (TPSA) is 55.6 Å². The number of piperidine rings is 1. The Bertz CT molecular complexity index is 277. The largest absolute Gasteiger partial charge is 0.378 e. The van der Waals surface area contributed by atoms with Crippen LogP contribution in [0.4, 0.5) is 0 Å². The Kier molecular flexibility index (Phi) is 5.01. The zero-order valence-electron chi connectivity index (χ0n) is 11.4. The van der Waals surface area contributed by atoms with E-state index in [4.69, 9.17) is 10.5 Å². The Morgan fingerprint density at radius 1 is 1.39 bits per heavy atom. The van der Waals surface area contributed by atoms with Crippen molar-refractivity contribution in [2.45, 2.75) is 45.1 Å². The molecule has 0 spiro atoms. The minimum Gasteiger partial charge on any atom is -0.378 e. The molecule has 2 aliphatic rings. The molecule has 2 N–H and O–H groups in total. The van der Waals surface area contributed by atoms with Crippen molar-refractivity contribution in [3.05, 3.63) is 0 Å². The number of hydrogen-bond donors (Lipinski definition) is 1. The first-order valence-electron chi connectivity index (χ1n) is 7.30. The molecule has 0 bridgehead atoms. The van der Waals surface area contributed by atoms with Crippen molar-refractivity contribution in [3.63, 3.8) is 0 Å². The molecule has 18 heavy (non-hydrogen) atoms. The fraction of sp³-hybridized carbons (Fsp3) is 0.929. The lowest BCUT2D eigenvalue weighted by Crippen LogP contribution is -2.46. The summed E-state index contributed by atoms with van der Waals surface area (Å²) in [5.41, 5.74) is 5.78. The summed E-state index contributed by atoms with van der Waals surface area (Å²) in [6.45, 7) is 5.47. The van der Waals surface area contributed by atoms with E-state index < -0.39 is 0 Å². The first kappa shape index (κ1) is 13.8. The molecule has 0 aromatic rings. The van der Waals surface area contributed by atoms with E-state index in [0.29, 0.717) is 24.8 Å². The fourth-order valence-electron chi connectivity index (χ4n) is 2.98. The summed E-state index contributed by atoms with van der Waals surface area (Å²) in [6.07, 6.45) is 5.17. The molecule has 1 amide bonds. The van der Waals surface area contributed by atoms with Crippen molar-refractivity contribution in [2.24, 2.45) is 17.6 Å². The summed E-state index contributed by atoms with van der Waals surface area (Å²) >= 11 is 0. The highest BCUT2D eigenvalue weighted by atomic mass is 16.5. The first-order valence-corrected chi connectivity index (χ1v) is 7.30. The first-order chi connectivity index (χ1) is 8.70. The molecule has 4 nitrogen and oxygen atoms in total. The molecule has 0 aliphatic carbocycles. The van der Waals surface area contributed by atoms with Crippen LogP contribution in [-0.4, -0.2) is 43.2 Å². The van der Waals surface area contributed by atoms with Crippen LogP contribution in [-0.2, 0) is 9.53 Å². The molecule has 0 radical (unpaired) electrons. The van der Waals surface area contributed by atoms with Crippen molar-refractivity contribution in [1.82, 2.24) is 4.90 Å². The number of ether oxygens (including phenoxy) is 1. The van der Waals surface area contributed by atoms with E-state index in [1.165, 1.54) is 6.42 Å². The van der Waals surface area contributed by atoms with Crippen LogP contribution in [0.15, 0.2) is 0 Å². The molecule has 3 atom stereocenters. The van der Waals surface area contributed by atoms with Gasteiger partial charge in [-0.25, -0.2) is 0 Å². The molecule has 4 heteroatoms. The maximum absolute atomic E-state index is 12.2. The van der Waals surface area contributed by atoms with E-state index in [-0.39, 0.29) is 12.0 Å². The number of nitrogens with two attached hydrogens (primary N) is 1. The summed E-state index contributed by atoms with van der Waals surface area (Å²) in [5, 5.41) is 0. The maximum Gasteiger partial charge on any atom is 0.225 e. The molecular weight excluding hydrogens is 228 g/mol. The van der Waals surface area contributed by atoms with Gasteiger partial charge in [0.1, 0.15) is 0 Å². The molecule has 104 valence electrons. The summed E-state index contributed by atoms with van der Waals surface area (Å²) in [7, 11) is 0. The minimum atomic E-state index is 0.155. The molecule has 3 unspecified atom stereocenters.